The molecule has 0 spiro atoms. The summed E-state index contributed by atoms with van der Waals surface area (Å²) < 4.78 is 34.9. The zero-order valence-electron chi connectivity index (χ0n) is 26.5. The summed E-state index contributed by atoms with van der Waals surface area (Å²) in [5.74, 6) is -0.483. The molecule has 2 amide bonds. The first-order chi connectivity index (χ1) is 22.0. The second kappa shape index (κ2) is 15.8. The van der Waals surface area contributed by atoms with Gasteiger partial charge in [-0.1, -0.05) is 90.8 Å². The van der Waals surface area contributed by atoms with Crippen molar-refractivity contribution < 1.29 is 22.7 Å². The molecule has 0 saturated heterocycles. The molecular weight excluding hydrogens is 622 g/mol. The molecule has 0 heterocycles. The van der Waals surface area contributed by atoms with E-state index in [2.05, 4.69) is 5.32 Å². The molecule has 4 aromatic rings. The molecule has 10 heteroatoms. The molecule has 2 atom stereocenters. The smallest absolute Gasteiger partial charge is 0.264 e. The molecule has 4 rings (SSSR count). The highest BCUT2D eigenvalue weighted by molar-refractivity contribution is 7.92. The van der Waals surface area contributed by atoms with Gasteiger partial charge in [-0.15, -0.1) is 0 Å². The van der Waals surface area contributed by atoms with Crippen molar-refractivity contribution in [3.8, 4) is 5.75 Å². The number of nitrogens with zero attached hydrogens (tertiary/aromatic N) is 2. The highest BCUT2D eigenvalue weighted by atomic mass is 35.5. The average molecular weight is 662 g/mol. The van der Waals surface area contributed by atoms with Crippen LogP contribution in [0.5, 0.6) is 5.75 Å². The first-order valence-corrected chi connectivity index (χ1v) is 17.0. The molecule has 0 fully saturated rings. The lowest BCUT2D eigenvalue weighted by molar-refractivity contribution is -0.140. The lowest BCUT2D eigenvalue weighted by Gasteiger charge is -2.34. The van der Waals surface area contributed by atoms with Crippen molar-refractivity contribution in [2.45, 2.75) is 57.1 Å². The summed E-state index contributed by atoms with van der Waals surface area (Å²) in [5, 5.41) is 3.46. The Hall–Kier alpha value is -4.34. The molecule has 0 saturated carbocycles. The van der Waals surface area contributed by atoms with Gasteiger partial charge >= 0.3 is 0 Å². The zero-order chi connectivity index (χ0) is 33.3. The summed E-state index contributed by atoms with van der Waals surface area (Å²) in [5.41, 5.74) is 2.61. The van der Waals surface area contributed by atoms with Gasteiger partial charge < -0.3 is 15.0 Å². The van der Waals surface area contributed by atoms with Crippen molar-refractivity contribution in [3.05, 3.63) is 125 Å². The van der Waals surface area contributed by atoms with Crippen LogP contribution in [0.25, 0.3) is 0 Å². The summed E-state index contributed by atoms with van der Waals surface area (Å²) in [4.78, 5) is 30.0. The minimum atomic E-state index is -4.23. The van der Waals surface area contributed by atoms with E-state index in [4.69, 9.17) is 16.3 Å². The van der Waals surface area contributed by atoms with E-state index in [0.29, 0.717) is 22.8 Å². The number of sulfonamides is 1. The standard InChI is InChI=1S/C36H40ClN3O5S/c1-5-27(3)38-36(42)34(22-28-12-7-6-8-13-28)39(24-29-14-9-10-17-33(29)37)35(41)25-40(30-15-11-16-31(23-30)45-4)46(43,44)32-20-18-26(2)19-21-32/h6-21,23,27,34H,5,22,24-25H2,1-4H3,(H,38,42)/t27-,34+/m1/s1. The second-order valence-corrected chi connectivity index (χ2v) is 13.4. The molecule has 0 radical (unpaired) electrons. The highest BCUT2D eigenvalue weighted by Gasteiger charge is 2.35. The fraction of sp³-hybridized carbons (Fsp3) is 0.278. The Morgan fingerprint density at radius 3 is 2.24 bits per heavy atom. The minimum absolute atomic E-state index is 0.0134. The van der Waals surface area contributed by atoms with E-state index in [9.17, 15) is 18.0 Å². The average Bonchev–Trinajstić information content (AvgIpc) is 3.06. The summed E-state index contributed by atoms with van der Waals surface area (Å²) >= 11 is 6.57. The first-order valence-electron chi connectivity index (χ1n) is 15.1. The highest BCUT2D eigenvalue weighted by Crippen LogP contribution is 2.28. The maximum Gasteiger partial charge on any atom is 0.264 e. The van der Waals surface area contributed by atoms with Crippen LogP contribution >= 0.6 is 11.6 Å². The lowest BCUT2D eigenvalue weighted by Crippen LogP contribution is -2.54. The van der Waals surface area contributed by atoms with Gasteiger partial charge in [0.1, 0.15) is 18.3 Å². The van der Waals surface area contributed by atoms with E-state index in [0.717, 1.165) is 15.4 Å². The third-order valence-electron chi connectivity index (χ3n) is 7.80. The SMILES string of the molecule is CC[C@@H](C)NC(=O)[C@H](Cc1ccccc1)N(Cc1ccccc1Cl)C(=O)CN(c1cccc(OC)c1)S(=O)(=O)c1ccc(C)cc1. The van der Waals surface area contributed by atoms with E-state index in [1.165, 1.54) is 24.1 Å². The van der Waals surface area contributed by atoms with Gasteiger partial charge in [0.25, 0.3) is 10.0 Å². The van der Waals surface area contributed by atoms with Crippen LogP contribution in [0.3, 0.4) is 0 Å². The minimum Gasteiger partial charge on any atom is -0.497 e. The molecule has 8 nitrogen and oxygen atoms in total. The van der Waals surface area contributed by atoms with Gasteiger partial charge in [-0.3, -0.25) is 13.9 Å². The lowest BCUT2D eigenvalue weighted by atomic mass is 10.0. The van der Waals surface area contributed by atoms with Crippen LogP contribution in [0.15, 0.2) is 108 Å². The van der Waals surface area contributed by atoms with Crippen molar-refractivity contribution >= 4 is 39.1 Å². The van der Waals surface area contributed by atoms with Gasteiger partial charge in [-0.25, -0.2) is 8.42 Å². The largest absolute Gasteiger partial charge is 0.497 e. The number of aryl methyl sites for hydroxylation is 1. The van der Waals surface area contributed by atoms with Gasteiger partial charge in [0, 0.05) is 30.1 Å². The predicted octanol–water partition coefficient (Wildman–Crippen LogP) is 6.41. The van der Waals surface area contributed by atoms with Gasteiger partial charge in [-0.2, -0.15) is 0 Å². The number of rotatable bonds is 14. The number of anilines is 1. The summed E-state index contributed by atoms with van der Waals surface area (Å²) in [6, 6.07) is 28.4. The zero-order valence-corrected chi connectivity index (χ0v) is 28.1. The van der Waals surface area contributed by atoms with Crippen molar-refractivity contribution in [1.29, 1.82) is 0 Å². The Kier molecular flexibility index (Phi) is 11.8. The van der Waals surface area contributed by atoms with Crippen LogP contribution in [-0.4, -0.2) is 50.9 Å². The number of hydrogen-bond acceptors (Lipinski definition) is 5. The Balaban J connectivity index is 1.83. The van der Waals surface area contributed by atoms with Gasteiger partial charge in [0.2, 0.25) is 11.8 Å². The van der Waals surface area contributed by atoms with Gasteiger partial charge in [0.15, 0.2) is 0 Å². The van der Waals surface area contributed by atoms with Crippen LogP contribution in [0.1, 0.15) is 37.0 Å². The number of hydrogen-bond donors (Lipinski definition) is 1. The predicted molar refractivity (Wildman–Crippen MR) is 183 cm³/mol. The fourth-order valence-electron chi connectivity index (χ4n) is 4.94. The van der Waals surface area contributed by atoms with Crippen LogP contribution in [0.4, 0.5) is 5.69 Å². The summed E-state index contributed by atoms with van der Waals surface area (Å²) in [6.45, 7) is 5.14. The van der Waals surface area contributed by atoms with Gasteiger partial charge in [-0.05, 0) is 61.7 Å². The van der Waals surface area contributed by atoms with E-state index in [1.54, 1.807) is 60.7 Å². The third kappa shape index (κ3) is 8.68. The van der Waals surface area contributed by atoms with Crippen LogP contribution in [0.2, 0.25) is 5.02 Å². The Labute approximate surface area is 277 Å². The molecule has 242 valence electrons. The number of benzene rings is 4. The molecule has 0 bridgehead atoms. The number of amides is 2. The van der Waals surface area contributed by atoms with Crippen molar-refractivity contribution in [2.24, 2.45) is 0 Å². The third-order valence-corrected chi connectivity index (χ3v) is 9.96. The topological polar surface area (TPSA) is 96.0 Å². The Morgan fingerprint density at radius 1 is 0.913 bits per heavy atom. The van der Waals surface area contributed by atoms with Gasteiger partial charge in [0.05, 0.1) is 17.7 Å². The summed E-state index contributed by atoms with van der Waals surface area (Å²) in [7, 11) is -2.74. The number of methoxy groups -OCH3 is 1. The van der Waals surface area contributed by atoms with Crippen LogP contribution < -0.4 is 14.4 Å². The normalized spacial score (nSPS) is 12.5. The molecule has 1 N–H and O–H groups in total. The van der Waals surface area contributed by atoms with E-state index >= 15 is 0 Å². The van der Waals surface area contributed by atoms with Crippen LogP contribution in [-0.2, 0) is 32.6 Å². The van der Waals surface area contributed by atoms with Crippen molar-refractivity contribution in [1.82, 2.24) is 10.2 Å². The number of ether oxygens (including phenoxy) is 1. The molecule has 0 aliphatic heterocycles. The number of halogens is 1. The molecule has 0 unspecified atom stereocenters. The van der Waals surface area contributed by atoms with Crippen LogP contribution in [0, 0.1) is 6.92 Å². The number of carbonyl (C=O) groups excluding carboxylic acids is 2. The quantitative estimate of drug-likeness (QED) is 0.169. The Bertz CT molecular complexity index is 1730. The van der Waals surface area contributed by atoms with E-state index in [-0.39, 0.29) is 35.5 Å². The second-order valence-electron chi connectivity index (χ2n) is 11.2. The molecule has 4 aromatic carbocycles. The molecule has 0 aromatic heterocycles. The van der Waals surface area contributed by atoms with E-state index in [1.807, 2.05) is 51.1 Å². The summed E-state index contributed by atoms with van der Waals surface area (Å²) in [6.07, 6.45) is 0.907. The number of carbonyl (C=O) groups is 2. The Morgan fingerprint density at radius 2 is 1.59 bits per heavy atom. The monoisotopic (exact) mass is 661 g/mol. The number of nitrogens with one attached hydrogen (secondary N) is 1. The maximum absolute atomic E-state index is 14.6. The fourth-order valence-corrected chi connectivity index (χ4v) is 6.54. The van der Waals surface area contributed by atoms with Crippen molar-refractivity contribution in [2.75, 3.05) is 18.0 Å². The first kappa shape index (κ1) is 34.5. The maximum atomic E-state index is 14.6. The molecule has 0 aliphatic carbocycles. The molecule has 46 heavy (non-hydrogen) atoms. The molecular formula is C36H40ClN3O5S. The molecule has 0 aliphatic rings. The van der Waals surface area contributed by atoms with E-state index < -0.39 is 28.5 Å². The van der Waals surface area contributed by atoms with Crippen molar-refractivity contribution in [3.63, 3.8) is 0 Å².